The Morgan fingerprint density at radius 2 is 2.00 bits per heavy atom. The molecule has 0 bridgehead atoms. The summed E-state index contributed by atoms with van der Waals surface area (Å²) >= 11 is 0. The fraction of sp³-hybridized carbons (Fsp3) is 0.263. The van der Waals surface area contributed by atoms with Gasteiger partial charge in [-0.2, -0.15) is 10.2 Å². The molecular formula is C19H19N3O3. The van der Waals surface area contributed by atoms with Crippen molar-refractivity contribution in [2.45, 2.75) is 33.9 Å². The molecule has 0 saturated carbocycles. The van der Waals surface area contributed by atoms with E-state index in [-0.39, 0.29) is 12.3 Å². The van der Waals surface area contributed by atoms with E-state index in [1.807, 2.05) is 32.9 Å². The minimum Gasteiger partial charge on any atom is -0.483 e. The molecular weight excluding hydrogens is 318 g/mol. The van der Waals surface area contributed by atoms with Gasteiger partial charge in [-0.25, -0.2) is 0 Å². The molecule has 0 fully saturated rings. The molecule has 0 saturated heterocycles. The third kappa shape index (κ3) is 3.83. The maximum atomic E-state index is 9.22. The van der Waals surface area contributed by atoms with Crippen LogP contribution in [0.5, 0.6) is 5.75 Å². The van der Waals surface area contributed by atoms with Crippen molar-refractivity contribution >= 4 is 5.88 Å². The normalized spacial score (nSPS) is 10.5. The maximum Gasteiger partial charge on any atom is 0.236 e. The molecule has 0 aliphatic carbocycles. The molecule has 0 aliphatic rings. The molecule has 0 amide bonds. The van der Waals surface area contributed by atoms with Crippen LogP contribution in [0.15, 0.2) is 39.4 Å². The Labute approximate surface area is 146 Å². The Kier molecular flexibility index (Phi) is 4.75. The second kappa shape index (κ2) is 7.14. The van der Waals surface area contributed by atoms with E-state index in [0.717, 1.165) is 22.6 Å². The quantitative estimate of drug-likeness (QED) is 0.723. The van der Waals surface area contributed by atoms with Gasteiger partial charge in [0.15, 0.2) is 6.61 Å². The summed E-state index contributed by atoms with van der Waals surface area (Å²) in [5, 5.41) is 12.2. The van der Waals surface area contributed by atoms with Crippen molar-refractivity contribution in [1.82, 2.24) is 4.98 Å². The topological polar surface area (TPSA) is 84.2 Å². The van der Waals surface area contributed by atoms with E-state index in [0.29, 0.717) is 18.3 Å². The number of nitriles is 1. The van der Waals surface area contributed by atoms with E-state index < -0.39 is 0 Å². The lowest BCUT2D eigenvalue weighted by Gasteiger charge is -2.11. The average molecular weight is 337 g/mol. The Morgan fingerprint density at radius 1 is 1.24 bits per heavy atom. The summed E-state index contributed by atoms with van der Waals surface area (Å²) in [5.41, 5.74) is 3.50. The molecule has 128 valence electrons. The highest BCUT2D eigenvalue weighted by atomic mass is 16.5. The summed E-state index contributed by atoms with van der Waals surface area (Å²) in [4.78, 5) is 4.17. The molecule has 0 spiro atoms. The third-order valence-electron chi connectivity index (χ3n) is 3.73. The maximum absolute atomic E-state index is 9.22. The van der Waals surface area contributed by atoms with Gasteiger partial charge in [0.05, 0.1) is 12.8 Å². The second-order valence-corrected chi connectivity index (χ2v) is 5.85. The van der Waals surface area contributed by atoms with Crippen LogP contribution < -0.4 is 10.1 Å². The Morgan fingerprint density at radius 3 is 2.64 bits per heavy atom. The number of nitrogens with one attached hydrogen (secondary N) is 1. The standard InChI is InChI=1S/C19H19N3O3/c1-12-7-13(2)18(14(3)8-12)24-11-17-22-16(9-20)19(25-17)21-10-15-5-4-6-23-15/h4-8,21H,10-11H2,1-3H3. The van der Waals surface area contributed by atoms with Crippen molar-refractivity contribution in [2.75, 3.05) is 5.32 Å². The van der Waals surface area contributed by atoms with E-state index in [1.54, 1.807) is 12.3 Å². The summed E-state index contributed by atoms with van der Waals surface area (Å²) in [6.07, 6.45) is 1.59. The first-order valence-electron chi connectivity index (χ1n) is 7.93. The van der Waals surface area contributed by atoms with Gasteiger partial charge in [0.1, 0.15) is 17.6 Å². The molecule has 0 radical (unpaired) electrons. The van der Waals surface area contributed by atoms with Gasteiger partial charge in [0, 0.05) is 0 Å². The van der Waals surface area contributed by atoms with Gasteiger partial charge in [-0.1, -0.05) is 17.7 Å². The van der Waals surface area contributed by atoms with Crippen LogP contribution in [0, 0.1) is 32.1 Å². The van der Waals surface area contributed by atoms with Crippen molar-refractivity contribution < 1.29 is 13.6 Å². The van der Waals surface area contributed by atoms with Crippen molar-refractivity contribution in [1.29, 1.82) is 5.26 Å². The largest absolute Gasteiger partial charge is 0.483 e. The van der Waals surface area contributed by atoms with Crippen LogP contribution in [0.1, 0.15) is 34.0 Å². The first kappa shape index (κ1) is 16.7. The van der Waals surface area contributed by atoms with Crippen molar-refractivity contribution in [3.63, 3.8) is 0 Å². The predicted molar refractivity (Wildman–Crippen MR) is 92.2 cm³/mol. The van der Waals surface area contributed by atoms with E-state index in [4.69, 9.17) is 13.6 Å². The molecule has 3 rings (SSSR count). The first-order valence-corrected chi connectivity index (χ1v) is 7.93. The summed E-state index contributed by atoms with van der Waals surface area (Å²) < 4.78 is 16.7. The van der Waals surface area contributed by atoms with Crippen LogP contribution in [0.25, 0.3) is 0 Å². The zero-order valence-corrected chi connectivity index (χ0v) is 14.4. The van der Waals surface area contributed by atoms with Gasteiger partial charge < -0.3 is 18.9 Å². The summed E-state index contributed by atoms with van der Waals surface area (Å²) in [6.45, 7) is 6.62. The third-order valence-corrected chi connectivity index (χ3v) is 3.73. The van der Waals surface area contributed by atoms with Crippen LogP contribution in [0.4, 0.5) is 5.88 Å². The molecule has 2 aromatic heterocycles. The molecule has 0 unspecified atom stereocenters. The van der Waals surface area contributed by atoms with E-state index in [9.17, 15) is 5.26 Å². The molecule has 0 atom stereocenters. The Bertz CT molecular complexity index is 882. The number of hydrogen-bond acceptors (Lipinski definition) is 6. The van der Waals surface area contributed by atoms with E-state index >= 15 is 0 Å². The van der Waals surface area contributed by atoms with Gasteiger partial charge in [0.25, 0.3) is 0 Å². The molecule has 1 aromatic carbocycles. The lowest BCUT2D eigenvalue weighted by molar-refractivity contribution is 0.261. The molecule has 3 aromatic rings. The number of rotatable bonds is 6. The number of benzene rings is 1. The average Bonchev–Trinajstić information content (AvgIpc) is 3.21. The van der Waals surface area contributed by atoms with Crippen molar-refractivity contribution in [3.05, 3.63) is 64.6 Å². The molecule has 0 aliphatic heterocycles. The van der Waals surface area contributed by atoms with Gasteiger partial charge in [-0.15, -0.1) is 0 Å². The zero-order chi connectivity index (χ0) is 17.8. The lowest BCUT2D eigenvalue weighted by atomic mass is 10.1. The Hall–Kier alpha value is -3.20. The number of aromatic nitrogens is 1. The van der Waals surface area contributed by atoms with Crippen molar-refractivity contribution in [2.24, 2.45) is 0 Å². The minimum absolute atomic E-state index is 0.155. The smallest absolute Gasteiger partial charge is 0.236 e. The highest BCUT2D eigenvalue weighted by Gasteiger charge is 2.15. The summed E-state index contributed by atoms with van der Waals surface area (Å²) in [7, 11) is 0. The number of hydrogen-bond donors (Lipinski definition) is 1. The molecule has 1 N–H and O–H groups in total. The summed E-state index contributed by atoms with van der Waals surface area (Å²) in [5.74, 6) is 2.21. The number of aryl methyl sites for hydroxylation is 3. The van der Waals surface area contributed by atoms with E-state index in [2.05, 4.69) is 22.4 Å². The monoisotopic (exact) mass is 337 g/mol. The molecule has 2 heterocycles. The highest BCUT2D eigenvalue weighted by molar-refractivity contribution is 5.46. The second-order valence-electron chi connectivity index (χ2n) is 5.85. The highest BCUT2D eigenvalue weighted by Crippen LogP contribution is 2.26. The number of oxazole rings is 1. The summed E-state index contributed by atoms with van der Waals surface area (Å²) in [6, 6.07) is 9.79. The first-order chi connectivity index (χ1) is 12.1. The van der Waals surface area contributed by atoms with Gasteiger partial charge >= 0.3 is 0 Å². The fourth-order valence-electron chi connectivity index (χ4n) is 2.73. The van der Waals surface area contributed by atoms with E-state index in [1.165, 1.54) is 5.56 Å². The van der Waals surface area contributed by atoms with Gasteiger partial charge in [-0.3, -0.25) is 0 Å². The van der Waals surface area contributed by atoms with Crippen LogP contribution in [0.2, 0.25) is 0 Å². The SMILES string of the molecule is Cc1cc(C)c(OCc2nc(C#N)c(NCc3ccco3)o2)c(C)c1. The zero-order valence-electron chi connectivity index (χ0n) is 14.4. The molecule has 6 nitrogen and oxygen atoms in total. The minimum atomic E-state index is 0.155. The molecule has 6 heteroatoms. The fourth-order valence-corrected chi connectivity index (χ4v) is 2.73. The number of anilines is 1. The number of nitrogens with zero attached hydrogens (tertiary/aromatic N) is 2. The lowest BCUT2D eigenvalue weighted by Crippen LogP contribution is -2.00. The van der Waals surface area contributed by atoms with Crippen LogP contribution in [-0.4, -0.2) is 4.98 Å². The van der Waals surface area contributed by atoms with Gasteiger partial charge in [0.2, 0.25) is 17.5 Å². The van der Waals surface area contributed by atoms with Gasteiger partial charge in [-0.05, 0) is 44.0 Å². The molecule has 25 heavy (non-hydrogen) atoms. The van der Waals surface area contributed by atoms with Crippen molar-refractivity contribution in [3.8, 4) is 11.8 Å². The number of furan rings is 1. The van der Waals surface area contributed by atoms with Crippen LogP contribution in [0.3, 0.4) is 0 Å². The predicted octanol–water partition coefficient (Wildman–Crippen LogP) is 4.26. The number of ether oxygens (including phenoxy) is 1. The Balaban J connectivity index is 1.70. The van der Waals surface area contributed by atoms with Crippen LogP contribution >= 0.6 is 0 Å². The van der Waals surface area contributed by atoms with Crippen LogP contribution in [-0.2, 0) is 13.2 Å².